The third-order valence-corrected chi connectivity index (χ3v) is 2.98. The van der Waals surface area contributed by atoms with E-state index >= 15 is 0 Å². The highest BCUT2D eigenvalue weighted by Crippen LogP contribution is 2.12. The van der Waals surface area contributed by atoms with Gasteiger partial charge in [0, 0.05) is 19.1 Å². The van der Waals surface area contributed by atoms with Crippen LogP contribution in [0.3, 0.4) is 0 Å². The summed E-state index contributed by atoms with van der Waals surface area (Å²) < 4.78 is 0. The standard InChI is InChI=1S/C11H20N2O3/c1-3-4-5-13-7-9(6-11(15)16)12(2)8-10(13)14/h9H,3-8H2,1-2H3,(H,15,16). The number of amides is 1. The first kappa shape index (κ1) is 13.0. The molecule has 1 heterocycles. The number of unbranched alkanes of at least 4 members (excludes halogenated alkanes) is 1. The van der Waals surface area contributed by atoms with Gasteiger partial charge in [-0.15, -0.1) is 0 Å². The fraction of sp³-hybridized carbons (Fsp3) is 0.818. The van der Waals surface area contributed by atoms with Gasteiger partial charge >= 0.3 is 5.97 Å². The number of rotatable bonds is 5. The Labute approximate surface area is 96.0 Å². The van der Waals surface area contributed by atoms with E-state index in [2.05, 4.69) is 6.92 Å². The number of piperazine rings is 1. The fourth-order valence-electron chi connectivity index (χ4n) is 1.92. The Hall–Kier alpha value is -1.10. The second-order valence-corrected chi connectivity index (χ2v) is 4.36. The van der Waals surface area contributed by atoms with E-state index in [4.69, 9.17) is 5.11 Å². The first-order valence-electron chi connectivity index (χ1n) is 5.74. The number of likely N-dealkylation sites (N-methyl/N-ethyl adjacent to an activating group) is 1. The number of carbonyl (C=O) groups is 2. The molecule has 0 spiro atoms. The molecule has 1 atom stereocenters. The van der Waals surface area contributed by atoms with E-state index in [9.17, 15) is 9.59 Å². The molecule has 1 aliphatic heterocycles. The van der Waals surface area contributed by atoms with Crippen LogP contribution >= 0.6 is 0 Å². The molecule has 0 aromatic heterocycles. The summed E-state index contributed by atoms with van der Waals surface area (Å²) in [6.45, 7) is 3.71. The highest BCUT2D eigenvalue weighted by molar-refractivity contribution is 5.79. The van der Waals surface area contributed by atoms with E-state index in [-0.39, 0.29) is 18.4 Å². The molecule has 0 aromatic rings. The van der Waals surface area contributed by atoms with Gasteiger partial charge in [0.15, 0.2) is 0 Å². The Balaban J connectivity index is 2.53. The fourth-order valence-corrected chi connectivity index (χ4v) is 1.92. The van der Waals surface area contributed by atoms with Crippen molar-refractivity contribution in [3.05, 3.63) is 0 Å². The predicted molar refractivity (Wildman–Crippen MR) is 60.2 cm³/mol. The zero-order valence-corrected chi connectivity index (χ0v) is 9.98. The van der Waals surface area contributed by atoms with Gasteiger partial charge in [0.1, 0.15) is 0 Å². The summed E-state index contributed by atoms with van der Waals surface area (Å²) >= 11 is 0. The van der Waals surface area contributed by atoms with Crippen LogP contribution in [0.2, 0.25) is 0 Å². The highest BCUT2D eigenvalue weighted by Gasteiger charge is 2.30. The molecular weight excluding hydrogens is 208 g/mol. The average molecular weight is 228 g/mol. The number of carboxylic acid groups (broad SMARTS) is 1. The molecule has 92 valence electrons. The molecule has 0 saturated carbocycles. The zero-order valence-electron chi connectivity index (χ0n) is 9.98. The Morgan fingerprint density at radius 3 is 2.81 bits per heavy atom. The van der Waals surface area contributed by atoms with Crippen LogP contribution in [-0.4, -0.2) is 59.5 Å². The first-order valence-corrected chi connectivity index (χ1v) is 5.74. The maximum Gasteiger partial charge on any atom is 0.305 e. The summed E-state index contributed by atoms with van der Waals surface area (Å²) in [5.74, 6) is -0.695. The molecule has 0 aromatic carbocycles. The van der Waals surface area contributed by atoms with Gasteiger partial charge in [0.25, 0.3) is 0 Å². The van der Waals surface area contributed by atoms with Crippen LogP contribution in [0, 0.1) is 0 Å². The van der Waals surface area contributed by atoms with Crippen molar-refractivity contribution in [2.24, 2.45) is 0 Å². The molecule has 1 N–H and O–H groups in total. The molecule has 0 radical (unpaired) electrons. The highest BCUT2D eigenvalue weighted by atomic mass is 16.4. The minimum absolute atomic E-state index is 0.0490. The lowest BCUT2D eigenvalue weighted by Crippen LogP contribution is -2.55. The zero-order chi connectivity index (χ0) is 12.1. The van der Waals surface area contributed by atoms with Gasteiger partial charge in [-0.2, -0.15) is 0 Å². The number of carbonyl (C=O) groups excluding carboxylic acids is 1. The monoisotopic (exact) mass is 228 g/mol. The summed E-state index contributed by atoms with van der Waals surface area (Å²) in [5.41, 5.74) is 0. The molecule has 16 heavy (non-hydrogen) atoms. The van der Waals surface area contributed by atoms with E-state index in [0.29, 0.717) is 13.1 Å². The number of hydrogen-bond donors (Lipinski definition) is 1. The summed E-state index contributed by atoms with van der Waals surface area (Å²) in [6, 6.07) is -0.0490. The van der Waals surface area contributed by atoms with Crippen molar-refractivity contribution < 1.29 is 14.7 Å². The molecule has 1 amide bonds. The van der Waals surface area contributed by atoms with Crippen LogP contribution in [0.4, 0.5) is 0 Å². The van der Waals surface area contributed by atoms with E-state index in [1.807, 2.05) is 11.9 Å². The molecule has 5 nitrogen and oxygen atoms in total. The molecule has 1 fully saturated rings. The van der Waals surface area contributed by atoms with Crippen molar-refractivity contribution in [1.82, 2.24) is 9.80 Å². The van der Waals surface area contributed by atoms with Crippen LogP contribution in [0.1, 0.15) is 26.2 Å². The van der Waals surface area contributed by atoms with Crippen molar-refractivity contribution >= 4 is 11.9 Å². The molecular formula is C11H20N2O3. The lowest BCUT2D eigenvalue weighted by molar-refractivity contribution is -0.144. The quantitative estimate of drug-likeness (QED) is 0.740. The largest absolute Gasteiger partial charge is 0.481 e. The number of carboxylic acids is 1. The Kier molecular flexibility index (Phi) is 4.73. The Bertz CT molecular complexity index is 268. The van der Waals surface area contributed by atoms with Crippen molar-refractivity contribution in [2.75, 3.05) is 26.7 Å². The Morgan fingerprint density at radius 1 is 1.56 bits per heavy atom. The van der Waals surface area contributed by atoms with Gasteiger partial charge in [-0.3, -0.25) is 14.5 Å². The Morgan fingerprint density at radius 2 is 2.25 bits per heavy atom. The summed E-state index contributed by atoms with van der Waals surface area (Å²) in [6.07, 6.45) is 2.13. The SMILES string of the molecule is CCCCN1CC(CC(=O)O)N(C)CC1=O. The molecule has 0 aliphatic carbocycles. The van der Waals surface area contributed by atoms with Gasteiger partial charge < -0.3 is 10.0 Å². The molecule has 1 unspecified atom stereocenters. The molecule has 0 bridgehead atoms. The minimum Gasteiger partial charge on any atom is -0.481 e. The summed E-state index contributed by atoms with van der Waals surface area (Å²) in [5, 5.41) is 8.78. The van der Waals surface area contributed by atoms with Crippen molar-refractivity contribution in [2.45, 2.75) is 32.2 Å². The molecule has 1 aliphatic rings. The third-order valence-electron chi connectivity index (χ3n) is 2.98. The summed E-state index contributed by atoms with van der Waals surface area (Å²) in [7, 11) is 1.81. The van der Waals surface area contributed by atoms with E-state index in [1.54, 1.807) is 4.90 Å². The molecule has 1 saturated heterocycles. The first-order chi connectivity index (χ1) is 7.54. The third kappa shape index (κ3) is 3.48. The second-order valence-electron chi connectivity index (χ2n) is 4.36. The van der Waals surface area contributed by atoms with E-state index in [0.717, 1.165) is 19.4 Å². The van der Waals surface area contributed by atoms with Crippen molar-refractivity contribution in [3.63, 3.8) is 0 Å². The van der Waals surface area contributed by atoms with Crippen LogP contribution in [0.15, 0.2) is 0 Å². The maximum absolute atomic E-state index is 11.7. The number of aliphatic carboxylic acids is 1. The molecule has 5 heteroatoms. The van der Waals surface area contributed by atoms with Crippen molar-refractivity contribution in [3.8, 4) is 0 Å². The van der Waals surface area contributed by atoms with Crippen LogP contribution in [-0.2, 0) is 9.59 Å². The summed E-state index contributed by atoms with van der Waals surface area (Å²) in [4.78, 5) is 26.0. The minimum atomic E-state index is -0.804. The van der Waals surface area contributed by atoms with Crippen LogP contribution in [0.5, 0.6) is 0 Å². The van der Waals surface area contributed by atoms with Crippen LogP contribution in [0.25, 0.3) is 0 Å². The van der Waals surface area contributed by atoms with E-state index < -0.39 is 5.97 Å². The molecule has 1 rings (SSSR count). The van der Waals surface area contributed by atoms with Crippen molar-refractivity contribution in [1.29, 1.82) is 0 Å². The van der Waals surface area contributed by atoms with Crippen LogP contribution < -0.4 is 0 Å². The average Bonchev–Trinajstić information content (AvgIpc) is 2.20. The van der Waals surface area contributed by atoms with Gasteiger partial charge in [-0.05, 0) is 13.5 Å². The predicted octanol–water partition coefficient (Wildman–Crippen LogP) is 0.404. The number of hydrogen-bond acceptors (Lipinski definition) is 3. The van der Waals surface area contributed by atoms with Gasteiger partial charge in [-0.25, -0.2) is 0 Å². The second kappa shape index (κ2) is 5.84. The number of nitrogens with zero attached hydrogens (tertiary/aromatic N) is 2. The lowest BCUT2D eigenvalue weighted by Gasteiger charge is -2.38. The van der Waals surface area contributed by atoms with E-state index in [1.165, 1.54) is 0 Å². The van der Waals surface area contributed by atoms with Gasteiger partial charge in [0.2, 0.25) is 5.91 Å². The normalized spacial score (nSPS) is 22.5. The van der Waals surface area contributed by atoms with Gasteiger partial charge in [0.05, 0.1) is 13.0 Å². The lowest BCUT2D eigenvalue weighted by atomic mass is 10.1. The van der Waals surface area contributed by atoms with Gasteiger partial charge in [-0.1, -0.05) is 13.3 Å². The smallest absolute Gasteiger partial charge is 0.305 e. The topological polar surface area (TPSA) is 60.9 Å². The maximum atomic E-state index is 11.7.